The molecule has 5 heteroatoms. The van der Waals surface area contributed by atoms with E-state index in [-0.39, 0.29) is 5.91 Å². The van der Waals surface area contributed by atoms with E-state index in [2.05, 4.69) is 48.0 Å². The number of rotatable bonds is 10. The highest BCUT2D eigenvalue weighted by atomic mass is 16.5. The Hall–Kier alpha value is -3.60. The summed E-state index contributed by atoms with van der Waals surface area (Å²) in [5.41, 5.74) is 5.19. The number of para-hydroxylation sites is 2. The Bertz CT molecular complexity index is 1210. The molecule has 0 aliphatic carbocycles. The average molecular weight is 442 g/mol. The highest BCUT2D eigenvalue weighted by molar-refractivity contribution is 5.94. The third-order valence-electron chi connectivity index (χ3n) is 5.78. The molecular weight excluding hydrogens is 410 g/mol. The van der Waals surface area contributed by atoms with E-state index in [1.807, 2.05) is 48.5 Å². The van der Waals surface area contributed by atoms with E-state index in [4.69, 9.17) is 9.72 Å². The average Bonchev–Trinajstić information content (AvgIpc) is 3.19. The Balaban J connectivity index is 1.34. The quantitative estimate of drug-likeness (QED) is 0.331. The van der Waals surface area contributed by atoms with Gasteiger partial charge < -0.3 is 14.6 Å². The van der Waals surface area contributed by atoms with Crippen LogP contribution in [0.4, 0.5) is 0 Å². The topological polar surface area (TPSA) is 56.1 Å². The second-order valence-corrected chi connectivity index (χ2v) is 8.36. The molecule has 1 amide bonds. The van der Waals surface area contributed by atoms with Gasteiger partial charge in [0.2, 0.25) is 0 Å². The van der Waals surface area contributed by atoms with Crippen LogP contribution in [0.15, 0.2) is 72.8 Å². The summed E-state index contributed by atoms with van der Waals surface area (Å²) in [6, 6.07) is 23.8. The third kappa shape index (κ3) is 5.80. The van der Waals surface area contributed by atoms with Gasteiger partial charge in [-0.1, -0.05) is 42.5 Å². The Morgan fingerprint density at radius 3 is 2.61 bits per heavy atom. The van der Waals surface area contributed by atoms with Gasteiger partial charge in [0.05, 0.1) is 17.6 Å². The van der Waals surface area contributed by atoms with Crippen molar-refractivity contribution >= 4 is 16.9 Å². The molecule has 170 valence electrons. The van der Waals surface area contributed by atoms with Crippen LogP contribution >= 0.6 is 0 Å². The lowest BCUT2D eigenvalue weighted by molar-refractivity contribution is 0.0954. The summed E-state index contributed by atoms with van der Waals surface area (Å²) >= 11 is 0. The van der Waals surface area contributed by atoms with Crippen molar-refractivity contribution in [2.24, 2.45) is 0 Å². The maximum absolute atomic E-state index is 12.3. The van der Waals surface area contributed by atoms with Gasteiger partial charge in [0.25, 0.3) is 5.91 Å². The maximum atomic E-state index is 12.3. The Morgan fingerprint density at radius 2 is 1.76 bits per heavy atom. The highest BCUT2D eigenvalue weighted by Gasteiger charge is 2.11. The van der Waals surface area contributed by atoms with Gasteiger partial charge in [-0.3, -0.25) is 4.79 Å². The van der Waals surface area contributed by atoms with Gasteiger partial charge in [0.1, 0.15) is 11.6 Å². The first-order valence-electron chi connectivity index (χ1n) is 11.6. The van der Waals surface area contributed by atoms with E-state index in [1.54, 1.807) is 0 Å². The van der Waals surface area contributed by atoms with Crippen LogP contribution < -0.4 is 10.1 Å². The first kappa shape index (κ1) is 22.6. The lowest BCUT2D eigenvalue weighted by atomic mass is 10.1. The van der Waals surface area contributed by atoms with Crippen LogP contribution in [-0.2, 0) is 13.0 Å². The number of fused-ring (bicyclic) bond motifs is 1. The summed E-state index contributed by atoms with van der Waals surface area (Å²) < 4.78 is 8.30. The Kier molecular flexibility index (Phi) is 7.40. The number of imidazole rings is 1. The minimum atomic E-state index is -0.0538. The summed E-state index contributed by atoms with van der Waals surface area (Å²) in [5, 5.41) is 3.01. The van der Waals surface area contributed by atoms with Crippen molar-refractivity contribution in [2.45, 2.75) is 39.7 Å². The van der Waals surface area contributed by atoms with Crippen molar-refractivity contribution in [2.75, 3.05) is 13.2 Å². The lowest BCUT2D eigenvalue weighted by Gasteiger charge is -2.12. The molecule has 4 rings (SSSR count). The molecule has 0 fully saturated rings. The van der Waals surface area contributed by atoms with Crippen LogP contribution in [0.25, 0.3) is 11.0 Å². The fourth-order valence-electron chi connectivity index (χ4n) is 3.96. The molecular formula is C28H31N3O2. The number of nitrogens with zero attached hydrogens (tertiary/aromatic N) is 2. The van der Waals surface area contributed by atoms with E-state index < -0.39 is 0 Å². The zero-order valence-corrected chi connectivity index (χ0v) is 19.4. The van der Waals surface area contributed by atoms with E-state index in [0.717, 1.165) is 42.0 Å². The Labute approximate surface area is 195 Å². The van der Waals surface area contributed by atoms with Crippen molar-refractivity contribution in [3.05, 3.63) is 95.3 Å². The predicted molar refractivity (Wildman–Crippen MR) is 133 cm³/mol. The SMILES string of the molecule is Cc1ccc(C)c(OCCCCn2c(CCNC(=O)c3ccccc3)nc3ccccc32)c1. The lowest BCUT2D eigenvalue weighted by Crippen LogP contribution is -2.26. The molecule has 0 saturated carbocycles. The van der Waals surface area contributed by atoms with Crippen molar-refractivity contribution in [3.63, 3.8) is 0 Å². The molecule has 33 heavy (non-hydrogen) atoms. The Morgan fingerprint density at radius 1 is 0.970 bits per heavy atom. The number of benzene rings is 3. The molecule has 3 aromatic carbocycles. The molecule has 0 aliphatic rings. The number of ether oxygens (including phenoxy) is 1. The standard InChI is InChI=1S/C28H31N3O2/c1-21-14-15-22(2)26(20-21)33-19-9-8-18-31-25-13-7-6-12-24(25)30-27(31)16-17-29-28(32)23-10-4-3-5-11-23/h3-7,10-15,20H,8-9,16-19H2,1-2H3,(H,29,32). The molecule has 0 spiro atoms. The first-order chi connectivity index (χ1) is 16.1. The molecule has 0 radical (unpaired) electrons. The van der Waals surface area contributed by atoms with Crippen LogP contribution in [0.5, 0.6) is 5.75 Å². The second-order valence-electron chi connectivity index (χ2n) is 8.36. The fraction of sp³-hybridized carbons (Fsp3) is 0.286. The minimum absolute atomic E-state index is 0.0538. The fourth-order valence-corrected chi connectivity index (χ4v) is 3.96. The summed E-state index contributed by atoms with van der Waals surface area (Å²) in [5.74, 6) is 1.92. The van der Waals surface area contributed by atoms with Gasteiger partial charge in [-0.2, -0.15) is 0 Å². The van der Waals surface area contributed by atoms with E-state index >= 15 is 0 Å². The highest BCUT2D eigenvalue weighted by Crippen LogP contribution is 2.20. The van der Waals surface area contributed by atoms with Crippen LogP contribution in [0.2, 0.25) is 0 Å². The van der Waals surface area contributed by atoms with Crippen LogP contribution in [0, 0.1) is 13.8 Å². The minimum Gasteiger partial charge on any atom is -0.493 e. The van der Waals surface area contributed by atoms with E-state index in [9.17, 15) is 4.79 Å². The molecule has 1 N–H and O–H groups in total. The van der Waals surface area contributed by atoms with Gasteiger partial charge in [-0.25, -0.2) is 4.98 Å². The van der Waals surface area contributed by atoms with Crippen LogP contribution in [-0.4, -0.2) is 28.6 Å². The zero-order chi connectivity index (χ0) is 23.0. The number of carbonyl (C=O) groups excluding carboxylic acids is 1. The van der Waals surface area contributed by atoms with Gasteiger partial charge in [-0.15, -0.1) is 0 Å². The molecule has 1 aromatic heterocycles. The number of nitrogens with one attached hydrogen (secondary N) is 1. The van der Waals surface area contributed by atoms with Crippen LogP contribution in [0.1, 0.15) is 40.2 Å². The monoisotopic (exact) mass is 441 g/mol. The predicted octanol–water partition coefficient (Wildman–Crippen LogP) is 5.48. The van der Waals surface area contributed by atoms with Gasteiger partial charge in [0, 0.05) is 25.1 Å². The largest absolute Gasteiger partial charge is 0.493 e. The number of hydrogen-bond acceptors (Lipinski definition) is 3. The summed E-state index contributed by atoms with van der Waals surface area (Å²) in [4.78, 5) is 17.2. The molecule has 0 aliphatic heterocycles. The zero-order valence-electron chi connectivity index (χ0n) is 19.4. The number of unbranched alkanes of at least 4 members (excludes halogenated alkanes) is 1. The van der Waals surface area contributed by atoms with E-state index in [1.165, 1.54) is 11.1 Å². The summed E-state index contributed by atoms with van der Waals surface area (Å²) in [6.45, 7) is 6.28. The van der Waals surface area contributed by atoms with E-state index in [0.29, 0.717) is 25.1 Å². The maximum Gasteiger partial charge on any atom is 0.251 e. The van der Waals surface area contributed by atoms with Gasteiger partial charge in [0.15, 0.2) is 0 Å². The van der Waals surface area contributed by atoms with Crippen LogP contribution in [0.3, 0.4) is 0 Å². The number of carbonyl (C=O) groups is 1. The molecule has 5 nitrogen and oxygen atoms in total. The molecule has 0 atom stereocenters. The first-order valence-corrected chi connectivity index (χ1v) is 11.6. The number of aromatic nitrogens is 2. The molecule has 1 heterocycles. The number of aryl methyl sites for hydroxylation is 3. The van der Waals surface area contributed by atoms with Crippen molar-refractivity contribution < 1.29 is 9.53 Å². The molecule has 0 saturated heterocycles. The second kappa shape index (κ2) is 10.8. The van der Waals surface area contributed by atoms with Gasteiger partial charge in [-0.05, 0) is 68.1 Å². The summed E-state index contributed by atoms with van der Waals surface area (Å²) in [6.07, 6.45) is 2.64. The normalized spacial score (nSPS) is 11.0. The number of hydrogen-bond donors (Lipinski definition) is 1. The smallest absolute Gasteiger partial charge is 0.251 e. The summed E-state index contributed by atoms with van der Waals surface area (Å²) in [7, 11) is 0. The van der Waals surface area contributed by atoms with Crippen molar-refractivity contribution in [1.82, 2.24) is 14.9 Å². The molecule has 0 bridgehead atoms. The number of amides is 1. The molecule has 0 unspecified atom stereocenters. The third-order valence-corrected chi connectivity index (χ3v) is 5.78. The van der Waals surface area contributed by atoms with Gasteiger partial charge >= 0.3 is 0 Å². The molecule has 4 aromatic rings. The van der Waals surface area contributed by atoms with Crippen molar-refractivity contribution in [3.8, 4) is 5.75 Å². The van der Waals surface area contributed by atoms with Crippen molar-refractivity contribution in [1.29, 1.82) is 0 Å².